The highest BCUT2D eigenvalue weighted by Crippen LogP contribution is 2.26. The minimum atomic E-state index is -0.492. The third kappa shape index (κ3) is 6.94. The van der Waals surface area contributed by atoms with Gasteiger partial charge in [0.25, 0.3) is 0 Å². The summed E-state index contributed by atoms with van der Waals surface area (Å²) in [6, 6.07) is 9.35. The minimum absolute atomic E-state index is 0.0258. The molecule has 0 radical (unpaired) electrons. The van der Waals surface area contributed by atoms with Gasteiger partial charge in [-0.25, -0.2) is 4.98 Å². The molecule has 2 aromatic heterocycles. The second-order valence-electron chi connectivity index (χ2n) is 8.97. The SMILES string of the molecule is COc1ccc(CNc2nc(N[C@@H](C)CCC(=O)OC(C)(C)C)c3ncccc3n2)c(OC)c1. The summed E-state index contributed by atoms with van der Waals surface area (Å²) in [5, 5.41) is 6.65. The summed E-state index contributed by atoms with van der Waals surface area (Å²) in [6.07, 6.45) is 2.61. The lowest BCUT2D eigenvalue weighted by Crippen LogP contribution is -2.25. The zero-order chi connectivity index (χ0) is 24.7. The minimum Gasteiger partial charge on any atom is -0.497 e. The van der Waals surface area contributed by atoms with Crippen LogP contribution in [-0.4, -0.2) is 46.8 Å². The number of hydrogen-bond donors (Lipinski definition) is 2. The summed E-state index contributed by atoms with van der Waals surface area (Å²) >= 11 is 0. The van der Waals surface area contributed by atoms with E-state index in [1.807, 2.05) is 58.0 Å². The first-order valence-electron chi connectivity index (χ1n) is 11.2. The van der Waals surface area contributed by atoms with Gasteiger partial charge in [0.05, 0.1) is 19.7 Å². The number of esters is 1. The molecule has 3 rings (SSSR count). The predicted octanol–water partition coefficient (Wildman–Crippen LogP) is 4.58. The Labute approximate surface area is 200 Å². The molecule has 0 saturated carbocycles. The maximum Gasteiger partial charge on any atom is 0.306 e. The zero-order valence-electron chi connectivity index (χ0n) is 20.6. The maximum absolute atomic E-state index is 12.1. The Morgan fingerprint density at radius 2 is 1.91 bits per heavy atom. The van der Waals surface area contributed by atoms with E-state index in [2.05, 4.69) is 25.6 Å². The standard InChI is InChI=1S/C25H33N5O4/c1-16(9-12-21(31)34-25(2,3)4)28-23-22-19(8-7-13-26-22)29-24(30-23)27-15-17-10-11-18(32-5)14-20(17)33-6/h7-8,10-11,13-14,16H,9,12,15H2,1-6H3,(H2,27,28,29,30)/t16-/m0/s1. The van der Waals surface area contributed by atoms with Crippen LogP contribution in [0.3, 0.4) is 0 Å². The average Bonchev–Trinajstić information content (AvgIpc) is 2.80. The van der Waals surface area contributed by atoms with E-state index in [4.69, 9.17) is 14.2 Å². The molecule has 1 aromatic carbocycles. The molecular weight excluding hydrogens is 434 g/mol. The molecule has 0 spiro atoms. The van der Waals surface area contributed by atoms with Crippen molar-refractivity contribution in [3.8, 4) is 11.5 Å². The first kappa shape index (κ1) is 25.0. The Balaban J connectivity index is 1.73. The van der Waals surface area contributed by atoms with Crippen LogP contribution < -0.4 is 20.1 Å². The molecule has 2 heterocycles. The average molecular weight is 468 g/mol. The van der Waals surface area contributed by atoms with Gasteiger partial charge < -0.3 is 24.8 Å². The molecule has 0 aliphatic carbocycles. The summed E-state index contributed by atoms with van der Waals surface area (Å²) in [5.41, 5.74) is 1.83. The van der Waals surface area contributed by atoms with Gasteiger partial charge in [0, 0.05) is 36.8 Å². The summed E-state index contributed by atoms with van der Waals surface area (Å²) in [7, 11) is 3.24. The largest absolute Gasteiger partial charge is 0.497 e. The van der Waals surface area contributed by atoms with Gasteiger partial charge in [-0.2, -0.15) is 4.98 Å². The fourth-order valence-corrected chi connectivity index (χ4v) is 3.35. The highest BCUT2D eigenvalue weighted by Gasteiger charge is 2.18. The Kier molecular flexibility index (Phi) is 8.09. The van der Waals surface area contributed by atoms with Crippen molar-refractivity contribution in [3.05, 3.63) is 42.1 Å². The van der Waals surface area contributed by atoms with Gasteiger partial charge in [0.2, 0.25) is 5.95 Å². The second-order valence-corrected chi connectivity index (χ2v) is 8.97. The molecule has 3 aromatic rings. The van der Waals surface area contributed by atoms with Crippen LogP contribution in [0.25, 0.3) is 11.0 Å². The molecule has 34 heavy (non-hydrogen) atoms. The van der Waals surface area contributed by atoms with Gasteiger partial charge >= 0.3 is 5.97 Å². The predicted molar refractivity (Wildman–Crippen MR) is 132 cm³/mol. The first-order chi connectivity index (χ1) is 16.2. The van der Waals surface area contributed by atoms with Crippen molar-refractivity contribution >= 4 is 28.8 Å². The Bertz CT molecular complexity index is 1130. The number of carbonyl (C=O) groups is 1. The lowest BCUT2D eigenvalue weighted by Gasteiger charge is -2.21. The van der Waals surface area contributed by atoms with Gasteiger partial charge in [-0.1, -0.05) is 0 Å². The molecule has 9 heteroatoms. The number of nitrogens with zero attached hydrogens (tertiary/aromatic N) is 3. The molecule has 0 saturated heterocycles. The molecule has 182 valence electrons. The van der Waals surface area contributed by atoms with Crippen LogP contribution in [0.4, 0.5) is 11.8 Å². The third-order valence-corrected chi connectivity index (χ3v) is 4.97. The van der Waals surface area contributed by atoms with Gasteiger partial charge in [0.15, 0.2) is 5.82 Å². The summed E-state index contributed by atoms with van der Waals surface area (Å²) < 4.78 is 16.1. The van der Waals surface area contributed by atoms with Crippen molar-refractivity contribution in [3.63, 3.8) is 0 Å². The van der Waals surface area contributed by atoms with E-state index < -0.39 is 5.60 Å². The number of methoxy groups -OCH3 is 2. The molecule has 1 atom stereocenters. The number of ether oxygens (including phenoxy) is 3. The van der Waals surface area contributed by atoms with Crippen molar-refractivity contribution < 1.29 is 19.0 Å². The lowest BCUT2D eigenvalue weighted by atomic mass is 10.1. The number of fused-ring (bicyclic) bond motifs is 1. The number of rotatable bonds is 10. The smallest absolute Gasteiger partial charge is 0.306 e. The third-order valence-electron chi connectivity index (χ3n) is 4.97. The first-order valence-corrected chi connectivity index (χ1v) is 11.2. The highest BCUT2D eigenvalue weighted by atomic mass is 16.6. The van der Waals surface area contributed by atoms with E-state index in [-0.39, 0.29) is 12.0 Å². The fourth-order valence-electron chi connectivity index (χ4n) is 3.35. The van der Waals surface area contributed by atoms with Crippen molar-refractivity contribution in [2.75, 3.05) is 24.9 Å². The van der Waals surface area contributed by atoms with Gasteiger partial charge in [-0.3, -0.25) is 9.78 Å². The van der Waals surface area contributed by atoms with E-state index in [1.54, 1.807) is 20.4 Å². The van der Waals surface area contributed by atoms with Gasteiger partial charge in [-0.15, -0.1) is 0 Å². The van der Waals surface area contributed by atoms with E-state index in [9.17, 15) is 4.79 Å². The summed E-state index contributed by atoms with van der Waals surface area (Å²) in [6.45, 7) is 8.05. The Hall–Kier alpha value is -3.62. The topological polar surface area (TPSA) is 107 Å². The molecular formula is C25H33N5O4. The molecule has 0 unspecified atom stereocenters. The molecule has 0 fully saturated rings. The molecule has 0 aliphatic heterocycles. The number of hydrogen-bond acceptors (Lipinski definition) is 9. The fraction of sp³-hybridized carbons (Fsp3) is 0.440. The molecule has 0 aliphatic rings. The van der Waals surface area contributed by atoms with E-state index in [1.165, 1.54) is 0 Å². The molecule has 9 nitrogen and oxygen atoms in total. The summed E-state index contributed by atoms with van der Waals surface area (Å²) in [4.78, 5) is 25.8. The van der Waals surface area contributed by atoms with Crippen molar-refractivity contribution in [1.82, 2.24) is 15.0 Å². The normalized spacial score (nSPS) is 12.2. The van der Waals surface area contributed by atoms with E-state index in [0.717, 1.165) is 11.3 Å². The summed E-state index contributed by atoms with van der Waals surface area (Å²) in [5.74, 6) is 2.28. The number of pyridine rings is 1. The highest BCUT2D eigenvalue weighted by molar-refractivity contribution is 5.86. The van der Waals surface area contributed by atoms with Crippen LogP contribution in [-0.2, 0) is 16.1 Å². The van der Waals surface area contributed by atoms with Gasteiger partial charge in [0.1, 0.15) is 22.6 Å². The van der Waals surface area contributed by atoms with E-state index >= 15 is 0 Å². The van der Waals surface area contributed by atoms with Crippen molar-refractivity contribution in [2.45, 2.75) is 58.7 Å². The Morgan fingerprint density at radius 3 is 2.62 bits per heavy atom. The Morgan fingerprint density at radius 1 is 1.12 bits per heavy atom. The van der Waals surface area contributed by atoms with Crippen LogP contribution in [0.15, 0.2) is 36.5 Å². The molecule has 0 amide bonds. The monoisotopic (exact) mass is 467 g/mol. The maximum atomic E-state index is 12.1. The number of carbonyl (C=O) groups excluding carboxylic acids is 1. The van der Waals surface area contributed by atoms with Crippen LogP contribution >= 0.6 is 0 Å². The number of nitrogens with one attached hydrogen (secondary N) is 2. The van der Waals surface area contributed by atoms with Crippen LogP contribution in [0, 0.1) is 0 Å². The van der Waals surface area contributed by atoms with Crippen LogP contribution in [0.1, 0.15) is 46.1 Å². The molecule has 2 N–H and O–H groups in total. The lowest BCUT2D eigenvalue weighted by molar-refractivity contribution is -0.154. The van der Waals surface area contributed by atoms with Gasteiger partial charge in [-0.05, 0) is 58.4 Å². The second kappa shape index (κ2) is 11.0. The van der Waals surface area contributed by atoms with E-state index in [0.29, 0.717) is 47.9 Å². The quantitative estimate of drug-likeness (QED) is 0.414. The number of aromatic nitrogens is 3. The number of benzene rings is 1. The van der Waals surface area contributed by atoms with Crippen molar-refractivity contribution in [1.29, 1.82) is 0 Å². The molecule has 0 bridgehead atoms. The zero-order valence-corrected chi connectivity index (χ0v) is 20.6. The van der Waals surface area contributed by atoms with Crippen LogP contribution in [0.5, 0.6) is 11.5 Å². The van der Waals surface area contributed by atoms with Crippen LogP contribution in [0.2, 0.25) is 0 Å². The number of anilines is 2. The van der Waals surface area contributed by atoms with Crippen molar-refractivity contribution in [2.24, 2.45) is 0 Å².